The number of aromatic nitrogens is 2. The van der Waals surface area contributed by atoms with E-state index in [2.05, 4.69) is 4.98 Å². The maximum absolute atomic E-state index is 10.2. The van der Waals surface area contributed by atoms with Crippen LogP contribution in [0.3, 0.4) is 0 Å². The lowest BCUT2D eigenvalue weighted by Crippen LogP contribution is -1.85. The molecule has 3 N–H and O–H groups in total. The second kappa shape index (κ2) is 3.77. The third kappa shape index (κ3) is 1.59. The van der Waals surface area contributed by atoms with Crippen molar-refractivity contribution in [2.45, 2.75) is 6.92 Å². The Morgan fingerprint density at radius 3 is 2.56 bits per heavy atom. The van der Waals surface area contributed by atoms with Crippen molar-refractivity contribution in [2.24, 2.45) is 0 Å². The van der Waals surface area contributed by atoms with E-state index < -0.39 is 0 Å². The van der Waals surface area contributed by atoms with E-state index in [-0.39, 0.29) is 5.88 Å². The summed E-state index contributed by atoms with van der Waals surface area (Å²) in [5.74, 6) is 0.151. The highest BCUT2D eigenvalue weighted by Gasteiger charge is 2.12. The molecule has 0 aliphatic heterocycles. The summed E-state index contributed by atoms with van der Waals surface area (Å²) in [6, 6.07) is 11.1. The Kier molecular flexibility index (Phi) is 2.23. The predicted molar refractivity (Wildman–Crippen MR) is 71.4 cm³/mol. The van der Waals surface area contributed by atoms with E-state index in [0.29, 0.717) is 11.4 Å². The van der Waals surface area contributed by atoms with Crippen LogP contribution in [0.15, 0.2) is 42.6 Å². The predicted octanol–water partition coefficient (Wildman–Crippen LogP) is 2.60. The SMILES string of the molecule is Cc1ccc2nc(-c3ccc(N)cc3)c(O)n2c1. The summed E-state index contributed by atoms with van der Waals surface area (Å²) in [4.78, 5) is 4.43. The largest absolute Gasteiger partial charge is 0.493 e. The van der Waals surface area contributed by atoms with Gasteiger partial charge in [0.05, 0.1) is 0 Å². The van der Waals surface area contributed by atoms with Gasteiger partial charge in [-0.3, -0.25) is 4.40 Å². The van der Waals surface area contributed by atoms with Crippen LogP contribution in [-0.2, 0) is 0 Å². The lowest BCUT2D eigenvalue weighted by atomic mass is 10.1. The molecule has 0 unspecified atom stereocenters. The standard InChI is InChI=1S/C14H13N3O/c1-9-2-7-12-16-13(14(18)17(12)8-9)10-3-5-11(15)6-4-10/h2-8,18H,15H2,1H3. The molecular formula is C14H13N3O. The average Bonchev–Trinajstić information content (AvgIpc) is 2.68. The average molecular weight is 239 g/mol. The highest BCUT2D eigenvalue weighted by atomic mass is 16.3. The molecule has 1 aromatic carbocycles. The van der Waals surface area contributed by atoms with Gasteiger partial charge < -0.3 is 10.8 Å². The fraction of sp³-hybridized carbons (Fsp3) is 0.0714. The first kappa shape index (κ1) is 10.7. The Morgan fingerprint density at radius 2 is 1.83 bits per heavy atom. The van der Waals surface area contributed by atoms with Gasteiger partial charge in [-0.2, -0.15) is 0 Å². The van der Waals surface area contributed by atoms with Gasteiger partial charge in [0, 0.05) is 17.4 Å². The van der Waals surface area contributed by atoms with Crippen molar-refractivity contribution in [3.63, 3.8) is 0 Å². The molecule has 0 saturated heterocycles. The van der Waals surface area contributed by atoms with Gasteiger partial charge in [-0.05, 0) is 30.7 Å². The molecule has 4 heteroatoms. The van der Waals surface area contributed by atoms with E-state index in [1.54, 1.807) is 16.5 Å². The van der Waals surface area contributed by atoms with Gasteiger partial charge in [-0.25, -0.2) is 4.98 Å². The summed E-state index contributed by atoms with van der Waals surface area (Å²) >= 11 is 0. The number of rotatable bonds is 1. The van der Waals surface area contributed by atoms with Crippen LogP contribution in [0.2, 0.25) is 0 Å². The first-order valence-electron chi connectivity index (χ1n) is 5.69. The number of nitrogens with two attached hydrogens (primary N) is 1. The number of aryl methyl sites for hydroxylation is 1. The van der Waals surface area contributed by atoms with Crippen molar-refractivity contribution in [1.29, 1.82) is 0 Å². The van der Waals surface area contributed by atoms with E-state index in [4.69, 9.17) is 5.73 Å². The minimum atomic E-state index is 0.151. The smallest absolute Gasteiger partial charge is 0.224 e. The normalized spacial score (nSPS) is 10.9. The van der Waals surface area contributed by atoms with Gasteiger partial charge in [0.2, 0.25) is 5.88 Å². The van der Waals surface area contributed by atoms with Crippen LogP contribution >= 0.6 is 0 Å². The molecule has 18 heavy (non-hydrogen) atoms. The number of aromatic hydroxyl groups is 1. The van der Waals surface area contributed by atoms with Crippen molar-refractivity contribution in [2.75, 3.05) is 5.73 Å². The second-order valence-corrected chi connectivity index (χ2v) is 4.34. The fourth-order valence-corrected chi connectivity index (χ4v) is 1.97. The third-order valence-electron chi connectivity index (χ3n) is 2.93. The van der Waals surface area contributed by atoms with Gasteiger partial charge in [-0.15, -0.1) is 0 Å². The molecule has 0 atom stereocenters. The van der Waals surface area contributed by atoms with Crippen LogP contribution in [0.1, 0.15) is 5.56 Å². The molecule has 90 valence electrons. The van der Waals surface area contributed by atoms with E-state index in [1.165, 1.54) is 0 Å². The van der Waals surface area contributed by atoms with Crippen LogP contribution in [-0.4, -0.2) is 14.5 Å². The van der Waals surface area contributed by atoms with Gasteiger partial charge in [0.25, 0.3) is 0 Å². The van der Waals surface area contributed by atoms with E-state index in [9.17, 15) is 5.11 Å². The maximum atomic E-state index is 10.2. The molecule has 0 amide bonds. The minimum absolute atomic E-state index is 0.151. The number of nitrogen functional groups attached to an aromatic ring is 1. The molecule has 0 fully saturated rings. The van der Waals surface area contributed by atoms with Crippen molar-refractivity contribution in [3.8, 4) is 17.1 Å². The van der Waals surface area contributed by atoms with Crippen LogP contribution in [0.4, 0.5) is 5.69 Å². The molecule has 0 bridgehead atoms. The number of hydrogen-bond acceptors (Lipinski definition) is 3. The molecule has 0 aliphatic carbocycles. The van der Waals surface area contributed by atoms with E-state index in [0.717, 1.165) is 16.8 Å². The Hall–Kier alpha value is -2.49. The molecule has 0 saturated carbocycles. The van der Waals surface area contributed by atoms with Gasteiger partial charge >= 0.3 is 0 Å². The summed E-state index contributed by atoms with van der Waals surface area (Å²) in [6.45, 7) is 1.97. The number of pyridine rings is 1. The van der Waals surface area contributed by atoms with Crippen molar-refractivity contribution < 1.29 is 5.11 Å². The molecule has 0 spiro atoms. The Balaban J connectivity index is 2.23. The number of hydrogen-bond donors (Lipinski definition) is 2. The topological polar surface area (TPSA) is 63.5 Å². The summed E-state index contributed by atoms with van der Waals surface area (Å²) in [5.41, 5.74) is 9.56. The number of benzene rings is 1. The Morgan fingerprint density at radius 1 is 1.11 bits per heavy atom. The van der Waals surface area contributed by atoms with Crippen LogP contribution < -0.4 is 5.73 Å². The summed E-state index contributed by atoms with van der Waals surface area (Å²) in [7, 11) is 0. The fourth-order valence-electron chi connectivity index (χ4n) is 1.97. The molecule has 2 aromatic heterocycles. The van der Waals surface area contributed by atoms with Gasteiger partial charge in [0.1, 0.15) is 11.3 Å². The first-order chi connectivity index (χ1) is 8.65. The number of fused-ring (bicyclic) bond motifs is 1. The Bertz CT molecular complexity index is 714. The van der Waals surface area contributed by atoms with Crippen molar-refractivity contribution in [3.05, 3.63) is 48.2 Å². The number of nitrogens with zero attached hydrogens (tertiary/aromatic N) is 2. The summed E-state index contributed by atoms with van der Waals surface area (Å²) in [5, 5.41) is 10.2. The molecular weight excluding hydrogens is 226 g/mol. The lowest BCUT2D eigenvalue weighted by Gasteiger charge is -1.99. The highest BCUT2D eigenvalue weighted by Crippen LogP contribution is 2.30. The molecule has 0 aliphatic rings. The zero-order chi connectivity index (χ0) is 12.7. The Labute approximate surface area is 104 Å². The lowest BCUT2D eigenvalue weighted by molar-refractivity contribution is 0.450. The van der Waals surface area contributed by atoms with Crippen molar-refractivity contribution in [1.82, 2.24) is 9.38 Å². The van der Waals surface area contributed by atoms with Crippen LogP contribution in [0, 0.1) is 6.92 Å². The maximum Gasteiger partial charge on any atom is 0.224 e. The second-order valence-electron chi connectivity index (χ2n) is 4.34. The van der Waals surface area contributed by atoms with Gasteiger partial charge in [-0.1, -0.05) is 18.2 Å². The van der Waals surface area contributed by atoms with E-state index in [1.807, 2.05) is 37.4 Å². The zero-order valence-corrected chi connectivity index (χ0v) is 9.96. The molecule has 3 rings (SSSR count). The molecule has 0 radical (unpaired) electrons. The quantitative estimate of drug-likeness (QED) is 0.641. The summed E-state index contributed by atoms with van der Waals surface area (Å²) < 4.78 is 1.68. The molecule has 4 nitrogen and oxygen atoms in total. The van der Waals surface area contributed by atoms with Crippen molar-refractivity contribution >= 4 is 11.3 Å². The van der Waals surface area contributed by atoms with E-state index >= 15 is 0 Å². The van der Waals surface area contributed by atoms with Crippen LogP contribution in [0.5, 0.6) is 5.88 Å². The molecule has 2 heterocycles. The highest BCUT2D eigenvalue weighted by molar-refractivity contribution is 5.70. The zero-order valence-electron chi connectivity index (χ0n) is 9.96. The molecule has 3 aromatic rings. The first-order valence-corrected chi connectivity index (χ1v) is 5.69. The summed E-state index contributed by atoms with van der Waals surface area (Å²) in [6.07, 6.45) is 1.86. The number of anilines is 1. The minimum Gasteiger partial charge on any atom is -0.493 e. The monoisotopic (exact) mass is 239 g/mol. The van der Waals surface area contributed by atoms with Crippen LogP contribution in [0.25, 0.3) is 16.9 Å². The third-order valence-corrected chi connectivity index (χ3v) is 2.93. The van der Waals surface area contributed by atoms with Gasteiger partial charge in [0.15, 0.2) is 0 Å². The number of imidazole rings is 1.